The molecule has 2 heterocycles. The fourth-order valence-electron chi connectivity index (χ4n) is 7.97. The van der Waals surface area contributed by atoms with E-state index in [9.17, 15) is 14.7 Å². The number of nitrogens with two attached hydrogens (primary N) is 1. The molecule has 5 aromatic rings. The first-order chi connectivity index (χ1) is 29.3. The van der Waals surface area contributed by atoms with E-state index in [0.29, 0.717) is 50.0 Å². The van der Waals surface area contributed by atoms with Crippen LogP contribution in [0.1, 0.15) is 84.3 Å². The highest BCUT2D eigenvalue weighted by Crippen LogP contribution is 2.40. The molecule has 0 aliphatic carbocycles. The molecule has 0 saturated carbocycles. The van der Waals surface area contributed by atoms with Crippen molar-refractivity contribution in [1.29, 1.82) is 0 Å². The summed E-state index contributed by atoms with van der Waals surface area (Å²) in [5, 5.41) is 15.5. The Hall–Kier alpha value is -5.72. The number of carbonyl (C=O) groups excluding carboxylic acids is 2. The number of benzene rings is 5. The van der Waals surface area contributed by atoms with Crippen LogP contribution in [0.25, 0.3) is 11.1 Å². The first-order valence-corrected chi connectivity index (χ1v) is 20.9. The molecular weight excluding hydrogens is 757 g/mol. The van der Waals surface area contributed by atoms with Gasteiger partial charge in [0.1, 0.15) is 0 Å². The zero-order valence-electron chi connectivity index (χ0n) is 34.5. The van der Waals surface area contributed by atoms with Crippen molar-refractivity contribution in [2.24, 2.45) is 0 Å². The number of aliphatic hydroxyl groups is 1. The van der Waals surface area contributed by atoms with E-state index >= 15 is 0 Å². The number of nitrogens with zero attached hydrogens (tertiary/aromatic N) is 1. The number of nitrogens with one attached hydrogen (secondary N) is 2. The van der Waals surface area contributed by atoms with Gasteiger partial charge in [0.2, 0.25) is 11.8 Å². The standard InChI is InChI=1S/C49H56N4O7/c1-57-45-26-39-23-24-53(30-40(39)27-46(45)58-2)31-41-28-44(36-17-15-33(32-54)16-18-36)60-49(59-41)37-21-19-35(20-22-37)38-10-8-9-34(25-38)29-51-47(55)13-4-3-5-14-48(56)52-43-12-7-6-11-42(43)50/h6-12,15-22,25-27,41,44,49,54H,3-5,13-14,23-24,28-32,50H2,1-2H3,(H,51,55)(H,52,56). The summed E-state index contributed by atoms with van der Waals surface area (Å²) in [4.78, 5) is 27.4. The van der Waals surface area contributed by atoms with Crippen LogP contribution in [-0.4, -0.2) is 55.2 Å². The van der Waals surface area contributed by atoms with Gasteiger partial charge in [0.25, 0.3) is 0 Å². The van der Waals surface area contributed by atoms with Gasteiger partial charge in [0, 0.05) is 51.0 Å². The molecule has 7 rings (SSSR count). The lowest BCUT2D eigenvalue weighted by molar-refractivity contribution is -0.253. The quantitative estimate of drug-likeness (QED) is 0.0539. The third-order valence-electron chi connectivity index (χ3n) is 11.3. The molecule has 0 aromatic heterocycles. The summed E-state index contributed by atoms with van der Waals surface area (Å²) in [5.41, 5.74) is 15.6. The molecule has 3 atom stereocenters. The molecule has 2 aliphatic heterocycles. The number of aliphatic hydroxyl groups excluding tert-OH is 1. The Balaban J connectivity index is 0.934. The highest BCUT2D eigenvalue weighted by atomic mass is 16.7. The van der Waals surface area contributed by atoms with E-state index in [2.05, 4.69) is 64.1 Å². The Morgan fingerprint density at radius 2 is 1.48 bits per heavy atom. The van der Waals surface area contributed by atoms with Crippen molar-refractivity contribution in [1.82, 2.24) is 10.2 Å². The van der Waals surface area contributed by atoms with Gasteiger partial charge in [0.15, 0.2) is 17.8 Å². The van der Waals surface area contributed by atoms with Crippen LogP contribution in [-0.2, 0) is 45.2 Å². The monoisotopic (exact) mass is 812 g/mol. The molecule has 0 bridgehead atoms. The first-order valence-electron chi connectivity index (χ1n) is 20.9. The average molecular weight is 813 g/mol. The van der Waals surface area contributed by atoms with E-state index < -0.39 is 6.29 Å². The smallest absolute Gasteiger partial charge is 0.224 e. The lowest BCUT2D eigenvalue weighted by Gasteiger charge is -2.39. The van der Waals surface area contributed by atoms with Crippen molar-refractivity contribution in [2.75, 3.05) is 38.4 Å². The number of hydrogen-bond donors (Lipinski definition) is 4. The van der Waals surface area contributed by atoms with Gasteiger partial charge in [0.05, 0.1) is 44.4 Å². The van der Waals surface area contributed by atoms with Gasteiger partial charge in [-0.05, 0) is 88.5 Å². The third-order valence-corrected chi connectivity index (χ3v) is 11.3. The average Bonchev–Trinajstić information content (AvgIpc) is 3.28. The number of ether oxygens (including phenoxy) is 4. The Morgan fingerprint density at radius 1 is 0.767 bits per heavy atom. The SMILES string of the molecule is COc1cc2c(cc1OC)CN(CC1CC(c3ccc(CO)cc3)OC(c3ccc(-c4cccc(CNC(=O)CCCCCC(=O)Nc5ccccc5N)c4)cc3)O1)CC2. The van der Waals surface area contributed by atoms with E-state index in [1.54, 1.807) is 26.4 Å². The number of methoxy groups -OCH3 is 2. The van der Waals surface area contributed by atoms with E-state index in [-0.39, 0.29) is 30.6 Å². The maximum absolute atomic E-state index is 12.7. The molecule has 0 radical (unpaired) electrons. The van der Waals surface area contributed by atoms with Crippen LogP contribution in [0.2, 0.25) is 0 Å². The Morgan fingerprint density at radius 3 is 2.22 bits per heavy atom. The second kappa shape index (κ2) is 20.5. The van der Waals surface area contributed by atoms with E-state index in [1.165, 1.54) is 11.1 Å². The second-order valence-corrected chi connectivity index (χ2v) is 15.6. The summed E-state index contributed by atoms with van der Waals surface area (Å²) in [7, 11) is 3.34. The number of fused-ring (bicyclic) bond motifs is 1. The number of unbranched alkanes of at least 4 members (excludes halogenated alkanes) is 2. The van der Waals surface area contributed by atoms with Crippen LogP contribution in [0.5, 0.6) is 11.5 Å². The number of hydrogen-bond acceptors (Lipinski definition) is 9. The van der Waals surface area contributed by atoms with Gasteiger partial charge in [-0.1, -0.05) is 85.3 Å². The number of rotatable bonds is 17. The summed E-state index contributed by atoms with van der Waals surface area (Å²) >= 11 is 0. The number of anilines is 2. The van der Waals surface area contributed by atoms with Gasteiger partial charge in [-0.15, -0.1) is 0 Å². The molecule has 314 valence electrons. The van der Waals surface area contributed by atoms with Crippen LogP contribution in [0.4, 0.5) is 11.4 Å². The van der Waals surface area contributed by atoms with E-state index in [1.807, 2.05) is 48.5 Å². The fraction of sp³-hybridized carbons (Fsp3) is 0.347. The highest BCUT2D eigenvalue weighted by molar-refractivity contribution is 5.93. The Labute approximate surface area is 352 Å². The zero-order valence-corrected chi connectivity index (χ0v) is 34.5. The predicted molar refractivity (Wildman–Crippen MR) is 233 cm³/mol. The number of para-hydroxylation sites is 2. The Kier molecular flexibility index (Phi) is 14.5. The largest absolute Gasteiger partial charge is 0.493 e. The molecule has 2 amide bonds. The lowest BCUT2D eigenvalue weighted by Crippen LogP contribution is -2.41. The molecule has 5 N–H and O–H groups in total. The van der Waals surface area contributed by atoms with E-state index in [0.717, 1.165) is 77.4 Å². The minimum atomic E-state index is -0.561. The second-order valence-electron chi connectivity index (χ2n) is 15.6. The van der Waals surface area contributed by atoms with Gasteiger partial charge in [-0.3, -0.25) is 14.5 Å². The van der Waals surface area contributed by atoms with Crippen molar-refractivity contribution in [3.8, 4) is 22.6 Å². The number of nitrogen functional groups attached to an aromatic ring is 1. The highest BCUT2D eigenvalue weighted by Gasteiger charge is 2.34. The van der Waals surface area contributed by atoms with Crippen molar-refractivity contribution in [3.05, 3.63) is 143 Å². The van der Waals surface area contributed by atoms with Crippen molar-refractivity contribution < 1.29 is 33.6 Å². The van der Waals surface area contributed by atoms with Crippen molar-refractivity contribution in [3.63, 3.8) is 0 Å². The molecule has 11 nitrogen and oxygen atoms in total. The Bertz CT molecular complexity index is 2210. The summed E-state index contributed by atoms with van der Waals surface area (Å²) in [5.74, 6) is 1.41. The maximum Gasteiger partial charge on any atom is 0.224 e. The topological polar surface area (TPSA) is 145 Å². The van der Waals surface area contributed by atoms with Gasteiger partial charge < -0.3 is 40.4 Å². The minimum Gasteiger partial charge on any atom is -0.493 e. The first kappa shape index (κ1) is 42.4. The fourth-order valence-corrected chi connectivity index (χ4v) is 7.97. The van der Waals surface area contributed by atoms with Gasteiger partial charge in [-0.25, -0.2) is 0 Å². The molecule has 1 saturated heterocycles. The molecule has 60 heavy (non-hydrogen) atoms. The number of carbonyl (C=O) groups is 2. The molecular formula is C49H56N4O7. The minimum absolute atomic E-state index is 0.00585. The molecule has 1 fully saturated rings. The molecule has 0 spiro atoms. The summed E-state index contributed by atoms with van der Waals surface area (Å²) < 4.78 is 24.5. The third kappa shape index (κ3) is 11.1. The van der Waals surface area contributed by atoms with Crippen LogP contribution < -0.4 is 25.8 Å². The van der Waals surface area contributed by atoms with Crippen LogP contribution >= 0.6 is 0 Å². The molecule has 3 unspecified atom stereocenters. The molecule has 11 heteroatoms. The maximum atomic E-state index is 12.7. The summed E-state index contributed by atoms with van der Waals surface area (Å²) in [6, 6.07) is 35.9. The number of amides is 2. The summed E-state index contributed by atoms with van der Waals surface area (Å²) in [6.07, 6.45) is 3.79. The lowest BCUT2D eigenvalue weighted by atomic mass is 9.96. The normalized spacial score (nSPS) is 17.7. The predicted octanol–water partition coefficient (Wildman–Crippen LogP) is 8.25. The zero-order chi connectivity index (χ0) is 41.8. The van der Waals surface area contributed by atoms with Crippen LogP contribution in [0, 0.1) is 0 Å². The van der Waals surface area contributed by atoms with E-state index in [4.69, 9.17) is 24.7 Å². The molecule has 5 aromatic carbocycles. The van der Waals surface area contributed by atoms with Gasteiger partial charge >= 0.3 is 0 Å². The van der Waals surface area contributed by atoms with Crippen LogP contribution in [0.15, 0.2) is 109 Å². The van der Waals surface area contributed by atoms with Gasteiger partial charge in [-0.2, -0.15) is 0 Å². The summed E-state index contributed by atoms with van der Waals surface area (Å²) in [6.45, 7) is 2.89. The van der Waals surface area contributed by atoms with Crippen molar-refractivity contribution in [2.45, 2.75) is 83.1 Å². The van der Waals surface area contributed by atoms with Crippen molar-refractivity contribution >= 4 is 23.2 Å². The molecule has 2 aliphatic rings. The van der Waals surface area contributed by atoms with Crippen LogP contribution in [0.3, 0.4) is 0 Å².